The van der Waals surface area contributed by atoms with Gasteiger partial charge in [0.1, 0.15) is 0 Å². The summed E-state index contributed by atoms with van der Waals surface area (Å²) in [6, 6.07) is 5.74. The van der Waals surface area contributed by atoms with Gasteiger partial charge in [-0.05, 0) is 56.0 Å². The largest absolute Gasteiger partial charge is 0.326 e. The first kappa shape index (κ1) is 17.2. The highest BCUT2D eigenvalue weighted by molar-refractivity contribution is 5.95. The number of nitrogens with zero attached hydrogens (tertiary/aromatic N) is 3. The van der Waals surface area contributed by atoms with Crippen LogP contribution in [0.1, 0.15) is 35.9 Å². The number of benzene rings is 1. The average molecular weight is 340 g/mol. The Hall–Kier alpha value is -2.63. The Morgan fingerprint density at radius 2 is 2.04 bits per heavy atom. The summed E-state index contributed by atoms with van der Waals surface area (Å²) in [5, 5.41) is 7.35. The van der Waals surface area contributed by atoms with Crippen molar-refractivity contribution in [1.29, 1.82) is 0 Å². The molecule has 6 nitrogen and oxygen atoms in total. The molecule has 0 atom stereocenters. The van der Waals surface area contributed by atoms with Gasteiger partial charge in [-0.15, -0.1) is 0 Å². The molecule has 0 bridgehead atoms. The quantitative estimate of drug-likeness (QED) is 0.930. The van der Waals surface area contributed by atoms with Crippen molar-refractivity contribution < 1.29 is 9.59 Å². The maximum atomic E-state index is 12.3. The predicted octanol–water partition coefficient (Wildman–Crippen LogP) is 2.52. The van der Waals surface area contributed by atoms with E-state index in [9.17, 15) is 9.59 Å². The van der Waals surface area contributed by atoms with Crippen LogP contribution in [-0.2, 0) is 29.5 Å². The SMILES string of the molecule is CC(=O)N1CCc2cc(NC(=O)CCc3c(C)nn(C)c3C)ccc21. The van der Waals surface area contributed by atoms with Crippen molar-refractivity contribution in [2.75, 3.05) is 16.8 Å². The molecule has 0 unspecified atom stereocenters. The maximum Gasteiger partial charge on any atom is 0.224 e. The number of aromatic nitrogens is 2. The van der Waals surface area contributed by atoms with Crippen LogP contribution in [0.25, 0.3) is 0 Å². The van der Waals surface area contributed by atoms with Crippen LogP contribution >= 0.6 is 0 Å². The third-order valence-electron chi connectivity index (χ3n) is 4.90. The number of hydrogen-bond donors (Lipinski definition) is 1. The predicted molar refractivity (Wildman–Crippen MR) is 97.8 cm³/mol. The Labute approximate surface area is 147 Å². The first-order valence-electron chi connectivity index (χ1n) is 8.56. The summed E-state index contributed by atoms with van der Waals surface area (Å²) in [6.45, 7) is 6.28. The van der Waals surface area contributed by atoms with Gasteiger partial charge in [0, 0.05) is 44.0 Å². The molecule has 0 fully saturated rings. The van der Waals surface area contributed by atoms with E-state index in [1.807, 2.05) is 43.8 Å². The Morgan fingerprint density at radius 3 is 2.68 bits per heavy atom. The van der Waals surface area contributed by atoms with Crippen LogP contribution in [0.2, 0.25) is 0 Å². The van der Waals surface area contributed by atoms with E-state index in [2.05, 4.69) is 10.4 Å². The molecule has 25 heavy (non-hydrogen) atoms. The van der Waals surface area contributed by atoms with Crippen molar-refractivity contribution in [2.24, 2.45) is 7.05 Å². The van der Waals surface area contributed by atoms with E-state index >= 15 is 0 Å². The van der Waals surface area contributed by atoms with Crippen LogP contribution in [0.4, 0.5) is 11.4 Å². The molecule has 1 aliphatic rings. The first-order chi connectivity index (χ1) is 11.9. The molecule has 1 aromatic carbocycles. The van der Waals surface area contributed by atoms with Crippen molar-refractivity contribution in [2.45, 2.75) is 40.0 Å². The normalized spacial score (nSPS) is 13.0. The van der Waals surface area contributed by atoms with Crippen molar-refractivity contribution in [3.8, 4) is 0 Å². The van der Waals surface area contributed by atoms with Crippen LogP contribution in [-0.4, -0.2) is 28.1 Å². The third-order valence-corrected chi connectivity index (χ3v) is 4.90. The van der Waals surface area contributed by atoms with Gasteiger partial charge < -0.3 is 10.2 Å². The van der Waals surface area contributed by atoms with Crippen LogP contribution in [0.5, 0.6) is 0 Å². The zero-order valence-corrected chi connectivity index (χ0v) is 15.2. The number of rotatable bonds is 4. The van der Waals surface area contributed by atoms with Gasteiger partial charge in [-0.3, -0.25) is 14.3 Å². The molecule has 0 aliphatic carbocycles. The third kappa shape index (κ3) is 3.43. The highest BCUT2D eigenvalue weighted by atomic mass is 16.2. The summed E-state index contributed by atoms with van der Waals surface area (Å²) in [6.07, 6.45) is 1.93. The molecule has 2 heterocycles. The summed E-state index contributed by atoms with van der Waals surface area (Å²) >= 11 is 0. The minimum atomic E-state index is -0.0102. The number of aryl methyl sites for hydroxylation is 2. The molecule has 0 spiro atoms. The number of fused-ring (bicyclic) bond motifs is 1. The molecule has 1 N–H and O–H groups in total. The minimum Gasteiger partial charge on any atom is -0.326 e. The molecule has 2 aromatic rings. The second-order valence-electron chi connectivity index (χ2n) is 6.59. The van der Waals surface area contributed by atoms with Crippen LogP contribution in [0.3, 0.4) is 0 Å². The summed E-state index contributed by atoms with van der Waals surface area (Å²) in [7, 11) is 1.92. The Kier molecular flexibility index (Phi) is 4.61. The zero-order chi connectivity index (χ0) is 18.1. The molecular weight excluding hydrogens is 316 g/mol. The zero-order valence-electron chi connectivity index (χ0n) is 15.2. The number of carbonyl (C=O) groups excluding carboxylic acids is 2. The summed E-state index contributed by atoms with van der Waals surface area (Å²) in [4.78, 5) is 25.7. The molecule has 1 aliphatic heterocycles. The maximum absolute atomic E-state index is 12.3. The minimum absolute atomic E-state index is 0.0102. The second-order valence-corrected chi connectivity index (χ2v) is 6.59. The standard InChI is InChI=1S/C19H24N4O2/c1-12-17(13(2)22(4)21-12)6-8-19(25)20-16-5-7-18-15(11-16)9-10-23(18)14(3)24/h5,7,11H,6,8-10H2,1-4H3,(H,20,25). The second kappa shape index (κ2) is 6.70. The Morgan fingerprint density at radius 1 is 1.28 bits per heavy atom. The van der Waals surface area contributed by atoms with Gasteiger partial charge in [0.2, 0.25) is 11.8 Å². The number of anilines is 2. The van der Waals surface area contributed by atoms with Gasteiger partial charge in [0.15, 0.2) is 0 Å². The number of amides is 2. The molecule has 0 saturated heterocycles. The van der Waals surface area contributed by atoms with Gasteiger partial charge in [-0.1, -0.05) is 0 Å². The lowest BCUT2D eigenvalue weighted by atomic mass is 10.1. The highest BCUT2D eigenvalue weighted by Gasteiger charge is 2.22. The fraction of sp³-hybridized carbons (Fsp3) is 0.421. The summed E-state index contributed by atoms with van der Waals surface area (Å²) in [5.41, 5.74) is 6.07. The molecule has 2 amide bonds. The van der Waals surface area contributed by atoms with Gasteiger partial charge in [-0.25, -0.2) is 0 Å². The van der Waals surface area contributed by atoms with Crippen LogP contribution in [0.15, 0.2) is 18.2 Å². The molecule has 132 valence electrons. The van der Waals surface area contributed by atoms with Crippen LogP contribution in [0, 0.1) is 13.8 Å². The number of nitrogens with one attached hydrogen (secondary N) is 1. The van der Waals surface area contributed by atoms with E-state index in [0.29, 0.717) is 19.4 Å². The lowest BCUT2D eigenvalue weighted by Gasteiger charge is -2.15. The Bertz CT molecular complexity index is 838. The van der Waals surface area contributed by atoms with Crippen LogP contribution < -0.4 is 10.2 Å². The van der Waals surface area contributed by atoms with E-state index in [-0.39, 0.29) is 11.8 Å². The van der Waals surface area contributed by atoms with E-state index in [1.54, 1.807) is 11.8 Å². The molecule has 0 saturated carbocycles. The molecule has 6 heteroatoms. The number of hydrogen-bond acceptors (Lipinski definition) is 3. The van der Waals surface area contributed by atoms with Gasteiger partial charge in [-0.2, -0.15) is 5.10 Å². The molecule has 1 aromatic heterocycles. The van der Waals surface area contributed by atoms with Gasteiger partial charge in [0.05, 0.1) is 5.69 Å². The smallest absolute Gasteiger partial charge is 0.224 e. The van der Waals surface area contributed by atoms with E-state index in [4.69, 9.17) is 0 Å². The van der Waals surface area contributed by atoms with Gasteiger partial charge >= 0.3 is 0 Å². The van der Waals surface area contributed by atoms with E-state index in [1.165, 1.54) is 0 Å². The monoisotopic (exact) mass is 340 g/mol. The fourth-order valence-electron chi connectivity index (χ4n) is 3.45. The summed E-state index contributed by atoms with van der Waals surface area (Å²) < 4.78 is 1.85. The Balaban J connectivity index is 1.63. The topological polar surface area (TPSA) is 67.2 Å². The molecule has 3 rings (SSSR count). The van der Waals surface area contributed by atoms with Crippen molar-refractivity contribution in [3.05, 3.63) is 40.7 Å². The lowest BCUT2D eigenvalue weighted by molar-refractivity contribution is -0.117. The summed E-state index contributed by atoms with van der Waals surface area (Å²) in [5.74, 6) is 0.0433. The van der Waals surface area contributed by atoms with Gasteiger partial charge in [0.25, 0.3) is 0 Å². The highest BCUT2D eigenvalue weighted by Crippen LogP contribution is 2.30. The van der Waals surface area contributed by atoms with Crippen molar-refractivity contribution in [1.82, 2.24) is 9.78 Å². The molecule has 0 radical (unpaired) electrons. The van der Waals surface area contributed by atoms with E-state index < -0.39 is 0 Å². The average Bonchev–Trinajstić information content (AvgIpc) is 3.07. The molecular formula is C19H24N4O2. The number of carbonyl (C=O) groups is 2. The lowest BCUT2D eigenvalue weighted by Crippen LogP contribution is -2.25. The first-order valence-corrected chi connectivity index (χ1v) is 8.56. The fourth-order valence-corrected chi connectivity index (χ4v) is 3.45. The van der Waals surface area contributed by atoms with Crippen molar-refractivity contribution in [3.63, 3.8) is 0 Å². The van der Waals surface area contributed by atoms with E-state index in [0.717, 1.165) is 40.3 Å². The van der Waals surface area contributed by atoms with Crippen molar-refractivity contribution >= 4 is 23.2 Å².